The Kier molecular flexibility index (Phi) is 7.27. The van der Waals surface area contributed by atoms with E-state index in [0.29, 0.717) is 32.4 Å². The lowest BCUT2D eigenvalue weighted by atomic mass is 10.0. The van der Waals surface area contributed by atoms with Gasteiger partial charge in [-0.05, 0) is 82.2 Å². The zero-order chi connectivity index (χ0) is 23.9. The lowest BCUT2D eigenvalue weighted by Gasteiger charge is -2.10. The topological polar surface area (TPSA) is 46.2 Å². The van der Waals surface area contributed by atoms with E-state index < -0.39 is 16.2 Å². The zero-order valence-corrected chi connectivity index (χ0v) is 21.9. The summed E-state index contributed by atoms with van der Waals surface area (Å²) in [6, 6.07) is 15.8. The molecule has 0 heterocycles. The molecule has 3 aromatic carbocycles. The molecule has 0 aliphatic heterocycles. The third-order valence-electron chi connectivity index (χ3n) is 5.39. The molecule has 1 saturated carbocycles. The van der Waals surface area contributed by atoms with Crippen molar-refractivity contribution in [2.75, 3.05) is 5.32 Å². The molecule has 1 N–H and O–H groups in total. The van der Waals surface area contributed by atoms with E-state index in [4.69, 9.17) is 46.4 Å². The molecule has 170 valence electrons. The number of Topliss-reactive ketones (excluding diaryl/α,β-unsaturated/α-hetero) is 1. The van der Waals surface area contributed by atoms with E-state index in [-0.39, 0.29) is 23.9 Å². The second-order valence-electron chi connectivity index (χ2n) is 7.74. The number of hydrogen-bond acceptors (Lipinski definition) is 2. The number of carbonyl (C=O) groups excluding carboxylic acids is 2. The number of hydrogen-bond donors (Lipinski definition) is 1. The second kappa shape index (κ2) is 9.70. The molecule has 0 spiro atoms. The molecule has 0 bridgehead atoms. The first-order valence-electron chi connectivity index (χ1n) is 9.78. The summed E-state index contributed by atoms with van der Waals surface area (Å²) in [5, 5.41) is 3.65. The molecule has 1 amide bonds. The maximum atomic E-state index is 13.1. The molecule has 2 atom stereocenters. The van der Waals surface area contributed by atoms with Crippen LogP contribution in [-0.4, -0.2) is 16.0 Å². The Bertz CT molecular complexity index is 1230. The number of anilines is 1. The molecule has 0 aromatic heterocycles. The molecule has 0 radical (unpaired) electrons. The minimum absolute atomic E-state index is 0.111. The number of carbonyl (C=O) groups is 2. The van der Waals surface area contributed by atoms with Crippen molar-refractivity contribution in [3.05, 3.63) is 96.8 Å². The molecule has 1 fully saturated rings. The summed E-state index contributed by atoms with van der Waals surface area (Å²) >= 11 is 27.1. The second-order valence-corrected chi connectivity index (χ2v) is 11.2. The highest BCUT2D eigenvalue weighted by Gasteiger charge is 2.67. The van der Waals surface area contributed by atoms with Crippen molar-refractivity contribution in [2.24, 2.45) is 5.92 Å². The SMILES string of the molecule is O=C(Cc1ccc(F)cc1)c1cc(NC(=O)C2C(c3cc(Cl)cc(Cl)c3)C2(Cl)Cl)ccc1I. The van der Waals surface area contributed by atoms with Crippen LogP contribution < -0.4 is 5.32 Å². The van der Waals surface area contributed by atoms with Crippen molar-refractivity contribution >= 4 is 86.4 Å². The summed E-state index contributed by atoms with van der Waals surface area (Å²) in [7, 11) is 0. The van der Waals surface area contributed by atoms with Crippen molar-refractivity contribution in [3.8, 4) is 0 Å². The number of rotatable bonds is 6. The third kappa shape index (κ3) is 5.49. The largest absolute Gasteiger partial charge is 0.326 e. The highest BCUT2D eigenvalue weighted by Crippen LogP contribution is 2.65. The number of ketones is 1. The van der Waals surface area contributed by atoms with Crippen molar-refractivity contribution in [1.82, 2.24) is 0 Å². The molecule has 33 heavy (non-hydrogen) atoms. The Balaban J connectivity index is 1.50. The first kappa shape index (κ1) is 24.7. The molecule has 3 aromatic rings. The first-order valence-corrected chi connectivity index (χ1v) is 12.4. The van der Waals surface area contributed by atoms with Crippen LogP contribution in [0.3, 0.4) is 0 Å². The van der Waals surface area contributed by atoms with E-state index in [1.165, 1.54) is 12.1 Å². The molecule has 9 heteroatoms. The summed E-state index contributed by atoms with van der Waals surface area (Å²) in [5.41, 5.74) is 2.27. The van der Waals surface area contributed by atoms with Gasteiger partial charge in [0.1, 0.15) is 10.2 Å². The van der Waals surface area contributed by atoms with Crippen LogP contribution in [0, 0.1) is 15.3 Å². The molecular formula is C24H15Cl4FINO2. The van der Waals surface area contributed by atoms with Gasteiger partial charge in [-0.1, -0.05) is 35.3 Å². The van der Waals surface area contributed by atoms with E-state index in [0.717, 1.165) is 3.57 Å². The van der Waals surface area contributed by atoms with Gasteiger partial charge >= 0.3 is 0 Å². The summed E-state index contributed by atoms with van der Waals surface area (Å²) in [6.07, 6.45) is 0.111. The van der Waals surface area contributed by atoms with Gasteiger partial charge < -0.3 is 5.32 Å². The fraction of sp³-hybridized carbons (Fsp3) is 0.167. The van der Waals surface area contributed by atoms with Crippen LogP contribution in [0.1, 0.15) is 27.4 Å². The highest BCUT2D eigenvalue weighted by molar-refractivity contribution is 14.1. The van der Waals surface area contributed by atoms with Crippen molar-refractivity contribution in [2.45, 2.75) is 16.7 Å². The van der Waals surface area contributed by atoms with Crippen LogP contribution in [0.4, 0.5) is 10.1 Å². The normalized spacial score (nSPS) is 18.6. The Morgan fingerprint density at radius 1 is 0.970 bits per heavy atom. The average molecular weight is 637 g/mol. The van der Waals surface area contributed by atoms with Crippen LogP contribution in [0.2, 0.25) is 10.0 Å². The van der Waals surface area contributed by atoms with Gasteiger partial charge in [0.25, 0.3) is 0 Å². The maximum absolute atomic E-state index is 13.1. The van der Waals surface area contributed by atoms with E-state index >= 15 is 0 Å². The molecule has 2 unspecified atom stereocenters. The van der Waals surface area contributed by atoms with Gasteiger partial charge in [-0.15, -0.1) is 23.2 Å². The molecular weight excluding hydrogens is 622 g/mol. The van der Waals surface area contributed by atoms with Crippen LogP contribution >= 0.6 is 69.0 Å². The monoisotopic (exact) mass is 635 g/mol. The number of alkyl halides is 2. The van der Waals surface area contributed by atoms with Crippen LogP contribution in [0.15, 0.2) is 60.7 Å². The van der Waals surface area contributed by atoms with Gasteiger partial charge in [0.05, 0.1) is 5.92 Å². The lowest BCUT2D eigenvalue weighted by molar-refractivity contribution is -0.117. The smallest absolute Gasteiger partial charge is 0.231 e. The van der Waals surface area contributed by atoms with Gasteiger partial charge in [-0.2, -0.15) is 0 Å². The van der Waals surface area contributed by atoms with Gasteiger partial charge in [-0.3, -0.25) is 9.59 Å². The van der Waals surface area contributed by atoms with Crippen molar-refractivity contribution in [3.63, 3.8) is 0 Å². The fourth-order valence-electron chi connectivity index (χ4n) is 3.74. The number of halogens is 6. The third-order valence-corrected chi connectivity index (χ3v) is 7.71. The summed E-state index contributed by atoms with van der Waals surface area (Å²) in [5.74, 6) is -2.07. The summed E-state index contributed by atoms with van der Waals surface area (Å²) < 4.78 is 12.6. The summed E-state index contributed by atoms with van der Waals surface area (Å²) in [6.45, 7) is 0. The summed E-state index contributed by atoms with van der Waals surface area (Å²) in [4.78, 5) is 25.8. The Labute approximate surface area is 223 Å². The van der Waals surface area contributed by atoms with E-state index in [9.17, 15) is 14.0 Å². The minimum atomic E-state index is -1.30. The Hall–Kier alpha value is -1.38. The average Bonchev–Trinajstić information content (AvgIpc) is 3.32. The van der Waals surface area contributed by atoms with Crippen LogP contribution in [-0.2, 0) is 11.2 Å². The number of amides is 1. The Morgan fingerprint density at radius 2 is 1.61 bits per heavy atom. The van der Waals surface area contributed by atoms with Gasteiger partial charge in [0, 0.05) is 37.2 Å². The zero-order valence-electron chi connectivity index (χ0n) is 16.7. The highest BCUT2D eigenvalue weighted by atomic mass is 127. The van der Waals surface area contributed by atoms with E-state index in [1.54, 1.807) is 48.5 Å². The lowest BCUT2D eigenvalue weighted by Crippen LogP contribution is -2.17. The molecule has 4 rings (SSSR count). The molecule has 1 aliphatic rings. The van der Waals surface area contributed by atoms with Crippen LogP contribution in [0.5, 0.6) is 0 Å². The van der Waals surface area contributed by atoms with Gasteiger partial charge in [0.2, 0.25) is 5.91 Å². The molecule has 3 nitrogen and oxygen atoms in total. The number of benzene rings is 3. The van der Waals surface area contributed by atoms with Gasteiger partial charge in [-0.25, -0.2) is 4.39 Å². The number of nitrogens with one attached hydrogen (secondary N) is 1. The minimum Gasteiger partial charge on any atom is -0.326 e. The first-order chi connectivity index (χ1) is 15.6. The maximum Gasteiger partial charge on any atom is 0.231 e. The predicted octanol–water partition coefficient (Wildman–Crippen LogP) is 7.69. The van der Waals surface area contributed by atoms with Crippen molar-refractivity contribution < 1.29 is 14.0 Å². The molecule has 1 aliphatic carbocycles. The molecule has 0 saturated heterocycles. The van der Waals surface area contributed by atoms with E-state index in [1.807, 2.05) is 0 Å². The van der Waals surface area contributed by atoms with Gasteiger partial charge in [0.15, 0.2) is 5.78 Å². The van der Waals surface area contributed by atoms with Crippen LogP contribution in [0.25, 0.3) is 0 Å². The van der Waals surface area contributed by atoms with Crippen molar-refractivity contribution in [1.29, 1.82) is 0 Å². The quantitative estimate of drug-likeness (QED) is 0.171. The fourth-order valence-corrected chi connectivity index (χ4v) is 5.75. The van der Waals surface area contributed by atoms with E-state index in [2.05, 4.69) is 27.9 Å². The Morgan fingerprint density at radius 3 is 2.24 bits per heavy atom. The predicted molar refractivity (Wildman–Crippen MR) is 139 cm³/mol. The standard InChI is InChI=1S/C24H15Cl4FINO2/c25-14-8-13(9-15(26)10-14)21-22(24(21,27)28)23(33)31-17-5-6-19(30)18(11-17)20(32)7-12-1-3-16(29)4-2-12/h1-6,8-11,21-22H,7H2,(H,31,33).